The second-order valence-corrected chi connectivity index (χ2v) is 10.4. The number of carbonyl (C=O) groups is 3. The van der Waals surface area contributed by atoms with E-state index in [1.165, 1.54) is 18.3 Å². The molecule has 2 aromatic carbocycles. The van der Waals surface area contributed by atoms with Gasteiger partial charge >= 0.3 is 12.3 Å². The average molecular weight is 611 g/mol. The molecule has 0 saturated carbocycles. The third-order valence-electron chi connectivity index (χ3n) is 7.77. The van der Waals surface area contributed by atoms with Crippen molar-refractivity contribution in [3.8, 4) is 22.9 Å². The highest BCUT2D eigenvalue weighted by atomic mass is 19.4. The Kier molecular flexibility index (Phi) is 8.03. The van der Waals surface area contributed by atoms with Crippen LogP contribution >= 0.6 is 0 Å². The van der Waals surface area contributed by atoms with Crippen molar-refractivity contribution in [1.29, 1.82) is 5.26 Å². The highest BCUT2D eigenvalue weighted by Crippen LogP contribution is 2.46. The number of halogens is 4. The summed E-state index contributed by atoms with van der Waals surface area (Å²) < 4.78 is 65.5. The van der Waals surface area contributed by atoms with Crippen molar-refractivity contribution in [3.05, 3.63) is 82.9 Å². The van der Waals surface area contributed by atoms with Crippen LogP contribution in [-0.2, 0) is 32.9 Å². The standard InChI is InChI=1S/C31H26F4N4O5/c1-3-43-26-13-22(15-37-25(26)14-36)20-6-9-24-21(12-20)10-11-30(24)28(41)39(29(42)44-30)17-27(40)38(18(2)31(33,34)35)16-19-4-7-23(32)8-5-19/h4-9,12-13,15,18H,3,10-11,16-17H2,1-2H3/t18-,30+/m0/s1. The highest BCUT2D eigenvalue weighted by Gasteiger charge is 2.58. The SMILES string of the molecule is CCOc1cc(-c2ccc3c(c2)CC[C@@]32OC(=O)N(CC(=O)N(Cc3ccc(F)cc3)[C@@H](C)C(F)(F)F)C2=O)cnc1C#N. The number of pyridine rings is 1. The molecule has 228 valence electrons. The van der Waals surface area contributed by atoms with Crippen LogP contribution in [0.2, 0.25) is 0 Å². The molecule has 0 N–H and O–H groups in total. The number of amides is 3. The van der Waals surface area contributed by atoms with Crippen LogP contribution in [0.3, 0.4) is 0 Å². The van der Waals surface area contributed by atoms with Crippen LogP contribution in [0.15, 0.2) is 54.7 Å². The molecule has 0 radical (unpaired) electrons. The number of hydrogen-bond donors (Lipinski definition) is 0. The normalized spacial score (nSPS) is 18.2. The smallest absolute Gasteiger partial charge is 0.418 e. The van der Waals surface area contributed by atoms with Gasteiger partial charge in [0.15, 0.2) is 11.4 Å². The number of ether oxygens (including phenoxy) is 2. The van der Waals surface area contributed by atoms with Gasteiger partial charge in [0, 0.05) is 30.3 Å². The molecule has 0 bridgehead atoms. The first-order valence-electron chi connectivity index (χ1n) is 13.7. The third-order valence-corrected chi connectivity index (χ3v) is 7.77. The molecule has 5 rings (SSSR count). The maximum atomic E-state index is 13.7. The van der Waals surface area contributed by atoms with Gasteiger partial charge in [-0.2, -0.15) is 18.4 Å². The molecule has 1 fully saturated rings. The number of nitriles is 1. The molecule has 1 saturated heterocycles. The lowest BCUT2D eigenvalue weighted by Crippen LogP contribution is -2.51. The Bertz CT molecular complexity index is 1670. The number of imide groups is 1. The van der Waals surface area contributed by atoms with Crippen molar-refractivity contribution < 1.29 is 41.4 Å². The molecular weight excluding hydrogens is 584 g/mol. The van der Waals surface area contributed by atoms with E-state index in [9.17, 15) is 37.2 Å². The Morgan fingerprint density at radius 2 is 1.91 bits per heavy atom. The molecule has 3 aromatic rings. The summed E-state index contributed by atoms with van der Waals surface area (Å²) in [5, 5.41) is 9.29. The molecule has 1 spiro atoms. The first-order chi connectivity index (χ1) is 20.9. The zero-order chi connectivity index (χ0) is 31.8. The van der Waals surface area contributed by atoms with Gasteiger partial charge in [0.25, 0.3) is 5.91 Å². The first-order valence-corrected chi connectivity index (χ1v) is 13.7. The Labute approximate surface area is 249 Å². The summed E-state index contributed by atoms with van der Waals surface area (Å²) in [5.41, 5.74) is 1.11. The number of hydrogen-bond acceptors (Lipinski definition) is 7. The molecular formula is C31H26F4N4O5. The van der Waals surface area contributed by atoms with Crippen LogP contribution in [0, 0.1) is 17.1 Å². The number of benzene rings is 2. The lowest BCUT2D eigenvalue weighted by molar-refractivity contribution is -0.187. The number of carbonyl (C=O) groups excluding carboxylic acids is 3. The van der Waals surface area contributed by atoms with E-state index < -0.39 is 54.6 Å². The molecule has 1 aromatic heterocycles. The lowest BCUT2D eigenvalue weighted by Gasteiger charge is -2.31. The minimum atomic E-state index is -4.80. The molecule has 2 heterocycles. The van der Waals surface area contributed by atoms with E-state index in [2.05, 4.69) is 4.98 Å². The van der Waals surface area contributed by atoms with Crippen molar-refractivity contribution >= 4 is 17.9 Å². The second-order valence-electron chi connectivity index (χ2n) is 10.4. The molecule has 3 amide bonds. The minimum Gasteiger partial charge on any atom is -0.491 e. The molecule has 2 atom stereocenters. The fourth-order valence-electron chi connectivity index (χ4n) is 5.42. The summed E-state index contributed by atoms with van der Waals surface area (Å²) in [6.45, 7) is 1.41. The molecule has 1 aliphatic carbocycles. The van der Waals surface area contributed by atoms with Gasteiger partial charge in [-0.15, -0.1) is 0 Å². The quantitative estimate of drug-likeness (QED) is 0.320. The van der Waals surface area contributed by atoms with Gasteiger partial charge < -0.3 is 14.4 Å². The fourth-order valence-corrected chi connectivity index (χ4v) is 5.42. The van der Waals surface area contributed by atoms with Gasteiger partial charge in [-0.25, -0.2) is 19.1 Å². The van der Waals surface area contributed by atoms with Crippen molar-refractivity contribution in [2.24, 2.45) is 0 Å². The monoisotopic (exact) mass is 610 g/mol. The Balaban J connectivity index is 1.39. The summed E-state index contributed by atoms with van der Waals surface area (Å²) >= 11 is 0. The summed E-state index contributed by atoms with van der Waals surface area (Å²) in [7, 11) is 0. The van der Waals surface area contributed by atoms with Crippen LogP contribution in [0.4, 0.5) is 22.4 Å². The van der Waals surface area contributed by atoms with Crippen LogP contribution in [0.5, 0.6) is 5.75 Å². The highest BCUT2D eigenvalue weighted by molar-refractivity contribution is 6.06. The largest absolute Gasteiger partial charge is 0.491 e. The van der Waals surface area contributed by atoms with Gasteiger partial charge in [0.2, 0.25) is 11.5 Å². The van der Waals surface area contributed by atoms with Crippen LogP contribution in [0.1, 0.15) is 42.7 Å². The minimum absolute atomic E-state index is 0.0785. The lowest BCUT2D eigenvalue weighted by atomic mass is 9.93. The molecule has 44 heavy (non-hydrogen) atoms. The van der Waals surface area contributed by atoms with Crippen LogP contribution in [-0.4, -0.2) is 58.1 Å². The Morgan fingerprint density at radius 1 is 1.18 bits per heavy atom. The second kappa shape index (κ2) is 11.6. The fraction of sp³-hybridized carbons (Fsp3) is 0.323. The van der Waals surface area contributed by atoms with Gasteiger partial charge in [0.05, 0.1) is 6.61 Å². The maximum absolute atomic E-state index is 13.7. The Hall–Kier alpha value is -4.99. The molecule has 2 aliphatic rings. The third kappa shape index (κ3) is 5.55. The van der Waals surface area contributed by atoms with E-state index in [4.69, 9.17) is 9.47 Å². The summed E-state index contributed by atoms with van der Waals surface area (Å²) in [5.74, 6) is -2.26. The zero-order valence-electron chi connectivity index (χ0n) is 23.7. The van der Waals surface area contributed by atoms with E-state index >= 15 is 0 Å². The van der Waals surface area contributed by atoms with Gasteiger partial charge in [-0.05, 0) is 55.2 Å². The van der Waals surface area contributed by atoms with E-state index in [0.29, 0.717) is 50.8 Å². The van der Waals surface area contributed by atoms with Crippen molar-refractivity contribution in [1.82, 2.24) is 14.8 Å². The number of alkyl halides is 3. The van der Waals surface area contributed by atoms with E-state index in [1.54, 1.807) is 31.2 Å². The molecule has 0 unspecified atom stereocenters. The van der Waals surface area contributed by atoms with Crippen molar-refractivity contribution in [3.63, 3.8) is 0 Å². The predicted molar refractivity (Wildman–Crippen MR) is 146 cm³/mol. The predicted octanol–water partition coefficient (Wildman–Crippen LogP) is 5.26. The number of aryl methyl sites for hydroxylation is 1. The van der Waals surface area contributed by atoms with Crippen molar-refractivity contribution in [2.75, 3.05) is 13.2 Å². The average Bonchev–Trinajstić information content (AvgIpc) is 3.47. The van der Waals surface area contributed by atoms with Gasteiger partial charge in [-0.1, -0.05) is 30.3 Å². The van der Waals surface area contributed by atoms with E-state index in [0.717, 1.165) is 19.1 Å². The van der Waals surface area contributed by atoms with E-state index in [-0.39, 0.29) is 17.7 Å². The van der Waals surface area contributed by atoms with Gasteiger partial charge in [-0.3, -0.25) is 9.59 Å². The number of fused-ring (bicyclic) bond motifs is 2. The maximum Gasteiger partial charge on any atom is 0.418 e. The molecule has 9 nitrogen and oxygen atoms in total. The summed E-state index contributed by atoms with van der Waals surface area (Å²) in [4.78, 5) is 45.0. The van der Waals surface area contributed by atoms with Crippen LogP contribution < -0.4 is 4.74 Å². The van der Waals surface area contributed by atoms with Crippen LogP contribution in [0.25, 0.3) is 11.1 Å². The zero-order valence-corrected chi connectivity index (χ0v) is 23.7. The molecule has 1 aliphatic heterocycles. The summed E-state index contributed by atoms with van der Waals surface area (Å²) in [6, 6.07) is 11.1. The number of nitrogens with zero attached hydrogens (tertiary/aromatic N) is 4. The molecule has 13 heteroatoms. The topological polar surface area (TPSA) is 113 Å². The van der Waals surface area contributed by atoms with Crippen molar-refractivity contribution in [2.45, 2.75) is 51.1 Å². The number of aromatic nitrogens is 1. The first kappa shape index (κ1) is 30.5. The summed E-state index contributed by atoms with van der Waals surface area (Å²) in [6.07, 6.45) is -4.01. The number of rotatable bonds is 8. The Morgan fingerprint density at radius 3 is 2.57 bits per heavy atom. The van der Waals surface area contributed by atoms with E-state index in [1.807, 2.05) is 6.07 Å². The van der Waals surface area contributed by atoms with Gasteiger partial charge in [0.1, 0.15) is 24.5 Å².